The van der Waals surface area contributed by atoms with E-state index in [0.717, 1.165) is 0 Å². The van der Waals surface area contributed by atoms with Crippen molar-refractivity contribution in [1.82, 2.24) is 10.1 Å². The first kappa shape index (κ1) is 11.3. The van der Waals surface area contributed by atoms with E-state index in [9.17, 15) is 10.2 Å². The Labute approximate surface area is 108 Å². The smallest absolute Gasteiger partial charge is 0.262 e. The Bertz CT molecular complexity index is 662. The number of aromatic hydroxyl groups is 2. The number of phenolic OH excluding ortho intramolecular Hbond substituents is 2. The molecular formula is C14H10N2O3. The highest BCUT2D eigenvalue weighted by Crippen LogP contribution is 2.31. The maximum atomic E-state index is 9.73. The molecule has 19 heavy (non-hydrogen) atoms. The summed E-state index contributed by atoms with van der Waals surface area (Å²) in [4.78, 5) is 4.17. The Kier molecular flexibility index (Phi) is 2.64. The lowest BCUT2D eigenvalue weighted by atomic mass is 10.2. The molecule has 0 aliphatic rings. The van der Waals surface area contributed by atoms with Crippen molar-refractivity contribution in [2.75, 3.05) is 0 Å². The molecule has 3 aromatic rings. The Morgan fingerprint density at radius 2 is 1.37 bits per heavy atom. The molecule has 5 heteroatoms. The number of hydrogen-bond donors (Lipinski definition) is 2. The molecule has 2 N–H and O–H groups in total. The Hall–Kier alpha value is -2.82. The molecule has 0 unspecified atom stereocenters. The summed E-state index contributed by atoms with van der Waals surface area (Å²) in [5.74, 6) is 0.620. The van der Waals surface area contributed by atoms with E-state index < -0.39 is 0 Å². The van der Waals surface area contributed by atoms with Crippen LogP contribution < -0.4 is 0 Å². The van der Waals surface area contributed by atoms with Crippen molar-refractivity contribution in [3.63, 3.8) is 0 Å². The molecule has 0 aliphatic heterocycles. The van der Waals surface area contributed by atoms with Crippen LogP contribution in [0.3, 0.4) is 0 Å². The van der Waals surface area contributed by atoms with Crippen molar-refractivity contribution >= 4 is 0 Å². The molecule has 0 atom stereocenters. The molecule has 3 rings (SSSR count). The summed E-state index contributed by atoms with van der Waals surface area (Å²) in [5.41, 5.74) is 0.935. The standard InChI is InChI=1S/C14H10N2O3/c17-11-7-3-1-5-9(11)13-15-14(19-16-13)10-6-2-4-8-12(10)18/h1-8,17-18H. The predicted molar refractivity (Wildman–Crippen MR) is 68.5 cm³/mol. The van der Waals surface area contributed by atoms with E-state index >= 15 is 0 Å². The molecular weight excluding hydrogens is 244 g/mol. The van der Waals surface area contributed by atoms with Gasteiger partial charge in [0.2, 0.25) is 5.82 Å². The third-order valence-corrected chi connectivity index (χ3v) is 2.71. The number of benzene rings is 2. The lowest BCUT2D eigenvalue weighted by Crippen LogP contribution is -1.82. The molecule has 0 saturated carbocycles. The molecule has 1 aromatic heterocycles. The summed E-state index contributed by atoms with van der Waals surface area (Å²) in [6.45, 7) is 0. The minimum Gasteiger partial charge on any atom is -0.507 e. The zero-order chi connectivity index (χ0) is 13.2. The van der Waals surface area contributed by atoms with Gasteiger partial charge in [-0.3, -0.25) is 0 Å². The van der Waals surface area contributed by atoms with Crippen LogP contribution in [0.2, 0.25) is 0 Å². The van der Waals surface area contributed by atoms with Crippen molar-refractivity contribution in [1.29, 1.82) is 0 Å². The number of nitrogens with zero attached hydrogens (tertiary/aromatic N) is 2. The molecule has 2 aromatic carbocycles. The third kappa shape index (κ3) is 2.01. The van der Waals surface area contributed by atoms with Crippen molar-refractivity contribution in [3.05, 3.63) is 48.5 Å². The highest BCUT2D eigenvalue weighted by Gasteiger charge is 2.15. The van der Waals surface area contributed by atoms with Gasteiger partial charge in [0.05, 0.1) is 11.1 Å². The lowest BCUT2D eigenvalue weighted by Gasteiger charge is -1.97. The van der Waals surface area contributed by atoms with Gasteiger partial charge >= 0.3 is 0 Å². The van der Waals surface area contributed by atoms with Gasteiger partial charge < -0.3 is 14.7 Å². The average Bonchev–Trinajstić information content (AvgIpc) is 2.89. The minimum absolute atomic E-state index is 0.0648. The molecule has 0 aliphatic carbocycles. The minimum atomic E-state index is 0.0648. The van der Waals surface area contributed by atoms with Gasteiger partial charge in [0.1, 0.15) is 11.5 Å². The first-order chi connectivity index (χ1) is 9.25. The van der Waals surface area contributed by atoms with Gasteiger partial charge in [-0.1, -0.05) is 29.4 Å². The summed E-state index contributed by atoms with van der Waals surface area (Å²) in [7, 11) is 0. The fraction of sp³-hybridized carbons (Fsp3) is 0. The molecule has 0 amide bonds. The van der Waals surface area contributed by atoms with Gasteiger partial charge in [-0.15, -0.1) is 0 Å². The SMILES string of the molecule is Oc1ccccc1-c1noc(-c2ccccc2O)n1. The van der Waals surface area contributed by atoms with E-state index in [1.807, 2.05) is 0 Å². The number of rotatable bonds is 2. The van der Waals surface area contributed by atoms with E-state index in [1.165, 1.54) is 0 Å². The van der Waals surface area contributed by atoms with Crippen LogP contribution >= 0.6 is 0 Å². The number of para-hydroxylation sites is 2. The van der Waals surface area contributed by atoms with Crippen LogP contribution in [-0.2, 0) is 0 Å². The van der Waals surface area contributed by atoms with Crippen LogP contribution in [0.4, 0.5) is 0 Å². The van der Waals surface area contributed by atoms with Gasteiger partial charge in [0.25, 0.3) is 5.89 Å². The van der Waals surface area contributed by atoms with Crippen LogP contribution in [0, 0.1) is 0 Å². The Balaban J connectivity index is 2.06. The Morgan fingerprint density at radius 1 is 0.789 bits per heavy atom. The highest BCUT2D eigenvalue weighted by atomic mass is 16.5. The van der Waals surface area contributed by atoms with Gasteiger partial charge in [-0.25, -0.2) is 0 Å². The quantitative estimate of drug-likeness (QED) is 0.735. The van der Waals surface area contributed by atoms with E-state index in [-0.39, 0.29) is 23.2 Å². The van der Waals surface area contributed by atoms with Crippen LogP contribution in [0.5, 0.6) is 11.5 Å². The summed E-state index contributed by atoms with van der Waals surface area (Å²) in [6, 6.07) is 13.4. The van der Waals surface area contributed by atoms with Gasteiger partial charge in [-0.2, -0.15) is 4.98 Å². The monoisotopic (exact) mass is 254 g/mol. The van der Waals surface area contributed by atoms with Crippen LogP contribution in [0.15, 0.2) is 53.1 Å². The molecule has 94 valence electrons. The third-order valence-electron chi connectivity index (χ3n) is 2.71. The van der Waals surface area contributed by atoms with Gasteiger partial charge in [-0.05, 0) is 24.3 Å². The second-order valence-corrected chi connectivity index (χ2v) is 3.96. The fourth-order valence-corrected chi connectivity index (χ4v) is 1.76. The maximum absolute atomic E-state index is 9.73. The maximum Gasteiger partial charge on any atom is 0.262 e. The zero-order valence-electron chi connectivity index (χ0n) is 9.82. The van der Waals surface area contributed by atoms with Crippen LogP contribution in [0.1, 0.15) is 0 Å². The lowest BCUT2D eigenvalue weighted by molar-refractivity contribution is 0.424. The van der Waals surface area contributed by atoms with Gasteiger partial charge in [0, 0.05) is 0 Å². The average molecular weight is 254 g/mol. The highest BCUT2D eigenvalue weighted by molar-refractivity contribution is 5.67. The molecule has 0 saturated heterocycles. The zero-order valence-corrected chi connectivity index (χ0v) is 9.82. The summed E-state index contributed by atoms with van der Waals surface area (Å²) in [5, 5.41) is 23.3. The van der Waals surface area contributed by atoms with E-state index in [2.05, 4.69) is 10.1 Å². The topological polar surface area (TPSA) is 79.4 Å². The van der Waals surface area contributed by atoms with Crippen molar-refractivity contribution < 1.29 is 14.7 Å². The predicted octanol–water partition coefficient (Wildman–Crippen LogP) is 2.81. The molecule has 0 spiro atoms. The Morgan fingerprint density at radius 3 is 2.00 bits per heavy atom. The number of phenols is 2. The van der Waals surface area contributed by atoms with Crippen molar-refractivity contribution in [3.8, 4) is 34.3 Å². The van der Waals surface area contributed by atoms with Crippen molar-refractivity contribution in [2.45, 2.75) is 0 Å². The van der Waals surface area contributed by atoms with E-state index in [4.69, 9.17) is 4.52 Å². The molecule has 0 fully saturated rings. The summed E-state index contributed by atoms with van der Waals surface area (Å²) >= 11 is 0. The first-order valence-corrected chi connectivity index (χ1v) is 5.66. The molecule has 1 heterocycles. The summed E-state index contributed by atoms with van der Waals surface area (Å²) < 4.78 is 5.11. The summed E-state index contributed by atoms with van der Waals surface area (Å²) in [6.07, 6.45) is 0. The second-order valence-electron chi connectivity index (χ2n) is 3.96. The normalized spacial score (nSPS) is 10.5. The van der Waals surface area contributed by atoms with Gasteiger partial charge in [0.15, 0.2) is 0 Å². The van der Waals surface area contributed by atoms with Crippen molar-refractivity contribution in [2.24, 2.45) is 0 Å². The van der Waals surface area contributed by atoms with Crippen LogP contribution in [-0.4, -0.2) is 20.4 Å². The van der Waals surface area contributed by atoms with Crippen LogP contribution in [0.25, 0.3) is 22.8 Å². The second kappa shape index (κ2) is 4.45. The number of hydrogen-bond acceptors (Lipinski definition) is 5. The molecule has 5 nitrogen and oxygen atoms in total. The van der Waals surface area contributed by atoms with E-state index in [1.54, 1.807) is 48.5 Å². The molecule has 0 bridgehead atoms. The first-order valence-electron chi connectivity index (χ1n) is 5.66. The fourth-order valence-electron chi connectivity index (χ4n) is 1.76. The van der Waals surface area contributed by atoms with E-state index in [0.29, 0.717) is 11.1 Å². The largest absolute Gasteiger partial charge is 0.507 e. The number of aromatic nitrogens is 2. The molecule has 0 radical (unpaired) electrons.